The van der Waals surface area contributed by atoms with Crippen molar-refractivity contribution in [1.29, 1.82) is 0 Å². The molecule has 1 aromatic rings. The normalized spacial score (nSPS) is 21.9. The van der Waals surface area contributed by atoms with Gasteiger partial charge < -0.3 is 15.4 Å². The van der Waals surface area contributed by atoms with Crippen molar-refractivity contribution in [3.63, 3.8) is 0 Å². The Kier molecular flexibility index (Phi) is 4.85. The Morgan fingerprint density at radius 2 is 1.74 bits per heavy atom. The van der Waals surface area contributed by atoms with Crippen molar-refractivity contribution >= 4 is 5.91 Å². The van der Waals surface area contributed by atoms with Crippen LogP contribution in [-0.4, -0.2) is 35.5 Å². The Labute approximate surface area is 136 Å². The topological polar surface area (TPSA) is 55.6 Å². The van der Waals surface area contributed by atoms with Crippen LogP contribution in [0, 0.1) is 5.82 Å². The lowest BCUT2D eigenvalue weighted by Gasteiger charge is -2.40. The number of nitrogens with zero attached hydrogens (tertiary/aromatic N) is 1. The Morgan fingerprint density at radius 1 is 1.13 bits per heavy atom. The third kappa shape index (κ3) is 3.83. The first-order chi connectivity index (χ1) is 11.1. The van der Waals surface area contributed by atoms with E-state index in [0.29, 0.717) is 18.8 Å². The molecule has 1 saturated carbocycles. The minimum atomic E-state index is -0.650. The van der Waals surface area contributed by atoms with E-state index >= 15 is 0 Å². The van der Waals surface area contributed by atoms with Crippen LogP contribution in [0.3, 0.4) is 0 Å². The molecule has 1 aromatic carbocycles. The zero-order chi connectivity index (χ0) is 16.3. The minimum absolute atomic E-state index is 0.0737. The molecule has 1 aliphatic heterocycles. The molecular formula is C18H25FN2O2. The molecule has 5 heteroatoms. The highest BCUT2D eigenvalue weighted by Crippen LogP contribution is 2.29. The highest BCUT2D eigenvalue weighted by molar-refractivity contribution is 5.86. The second kappa shape index (κ2) is 6.87. The maximum Gasteiger partial charge on any atom is 0.242 e. The van der Waals surface area contributed by atoms with Gasteiger partial charge in [0.05, 0.1) is 5.54 Å². The molecule has 2 N–H and O–H groups in total. The summed E-state index contributed by atoms with van der Waals surface area (Å²) in [6, 6.07) is 6.08. The third-order valence-electron chi connectivity index (χ3n) is 5.02. The molecule has 126 valence electrons. The van der Waals surface area contributed by atoms with Gasteiger partial charge in [-0.15, -0.1) is 0 Å². The van der Waals surface area contributed by atoms with E-state index in [4.69, 9.17) is 10.5 Å². The van der Waals surface area contributed by atoms with Gasteiger partial charge in [0.1, 0.15) is 17.7 Å². The van der Waals surface area contributed by atoms with Gasteiger partial charge in [-0.3, -0.25) is 4.79 Å². The average molecular weight is 320 g/mol. The van der Waals surface area contributed by atoms with E-state index in [0.717, 1.165) is 38.5 Å². The summed E-state index contributed by atoms with van der Waals surface area (Å²) in [6.45, 7) is 1.37. The summed E-state index contributed by atoms with van der Waals surface area (Å²) >= 11 is 0. The van der Waals surface area contributed by atoms with Crippen LogP contribution >= 0.6 is 0 Å². The fourth-order valence-electron chi connectivity index (χ4n) is 3.59. The van der Waals surface area contributed by atoms with Crippen LogP contribution in [0.5, 0.6) is 5.75 Å². The van der Waals surface area contributed by atoms with Gasteiger partial charge >= 0.3 is 0 Å². The van der Waals surface area contributed by atoms with E-state index < -0.39 is 5.54 Å². The number of carbonyl (C=O) groups is 1. The molecule has 0 unspecified atom stereocenters. The Bertz CT molecular complexity index is 532. The van der Waals surface area contributed by atoms with Crippen LogP contribution < -0.4 is 10.5 Å². The quantitative estimate of drug-likeness (QED) is 0.932. The maximum absolute atomic E-state index is 12.9. The summed E-state index contributed by atoms with van der Waals surface area (Å²) in [6.07, 6.45) is 6.54. The lowest BCUT2D eigenvalue weighted by atomic mass is 9.81. The van der Waals surface area contributed by atoms with E-state index in [1.54, 1.807) is 12.1 Å². The molecule has 1 saturated heterocycles. The van der Waals surface area contributed by atoms with Crippen molar-refractivity contribution in [3.8, 4) is 5.75 Å². The number of carbonyl (C=O) groups excluding carboxylic acids is 1. The van der Waals surface area contributed by atoms with Crippen LogP contribution in [0.25, 0.3) is 0 Å². The lowest BCUT2D eigenvalue weighted by Crippen LogP contribution is -2.58. The first kappa shape index (κ1) is 16.2. The molecule has 3 rings (SSSR count). The Hall–Kier alpha value is -1.62. The largest absolute Gasteiger partial charge is 0.490 e. The van der Waals surface area contributed by atoms with Gasteiger partial charge in [0.25, 0.3) is 0 Å². The standard InChI is InChI=1S/C18H25FN2O2/c19-14-4-6-15(7-5-14)23-16-8-12-21(13-9-16)17(22)18(20)10-2-1-3-11-18/h4-7,16H,1-3,8-13,20H2. The molecule has 0 radical (unpaired) electrons. The monoisotopic (exact) mass is 320 g/mol. The average Bonchev–Trinajstić information content (AvgIpc) is 2.58. The molecule has 1 heterocycles. The van der Waals surface area contributed by atoms with Gasteiger partial charge in [-0.2, -0.15) is 0 Å². The maximum atomic E-state index is 12.9. The summed E-state index contributed by atoms with van der Waals surface area (Å²) in [5, 5.41) is 0. The number of hydrogen-bond acceptors (Lipinski definition) is 3. The zero-order valence-corrected chi connectivity index (χ0v) is 13.5. The summed E-state index contributed by atoms with van der Waals surface area (Å²) in [5.74, 6) is 0.523. The Morgan fingerprint density at radius 3 is 2.35 bits per heavy atom. The van der Waals surface area contributed by atoms with E-state index in [1.807, 2.05) is 4.90 Å². The summed E-state index contributed by atoms with van der Waals surface area (Å²) in [7, 11) is 0. The number of ether oxygens (including phenoxy) is 1. The first-order valence-corrected chi connectivity index (χ1v) is 8.57. The van der Waals surface area contributed by atoms with Crippen LogP contribution in [-0.2, 0) is 4.79 Å². The summed E-state index contributed by atoms with van der Waals surface area (Å²) in [5.41, 5.74) is 5.70. The van der Waals surface area contributed by atoms with E-state index in [1.165, 1.54) is 18.6 Å². The predicted octanol–water partition coefficient (Wildman–Crippen LogP) is 2.86. The predicted molar refractivity (Wildman–Crippen MR) is 86.6 cm³/mol. The van der Waals surface area contributed by atoms with E-state index in [-0.39, 0.29) is 17.8 Å². The molecule has 0 spiro atoms. The van der Waals surface area contributed by atoms with Gasteiger partial charge in [-0.05, 0) is 37.1 Å². The zero-order valence-electron chi connectivity index (χ0n) is 13.5. The number of piperidine rings is 1. The van der Waals surface area contributed by atoms with Crippen molar-refractivity contribution in [2.75, 3.05) is 13.1 Å². The number of nitrogens with two attached hydrogens (primary N) is 1. The summed E-state index contributed by atoms with van der Waals surface area (Å²) in [4.78, 5) is 14.6. The van der Waals surface area contributed by atoms with Gasteiger partial charge in [0.15, 0.2) is 0 Å². The van der Waals surface area contributed by atoms with Crippen LogP contribution in [0.1, 0.15) is 44.9 Å². The fourth-order valence-corrected chi connectivity index (χ4v) is 3.59. The van der Waals surface area contributed by atoms with Crippen LogP contribution in [0.2, 0.25) is 0 Å². The second-order valence-electron chi connectivity index (χ2n) is 6.78. The molecule has 2 aliphatic rings. The first-order valence-electron chi connectivity index (χ1n) is 8.57. The van der Waals surface area contributed by atoms with Gasteiger partial charge in [-0.1, -0.05) is 19.3 Å². The number of likely N-dealkylation sites (tertiary alicyclic amines) is 1. The molecule has 1 amide bonds. The number of amides is 1. The Balaban J connectivity index is 1.51. The highest BCUT2D eigenvalue weighted by Gasteiger charge is 2.39. The molecular weight excluding hydrogens is 295 g/mol. The van der Waals surface area contributed by atoms with Crippen molar-refractivity contribution in [1.82, 2.24) is 4.90 Å². The smallest absolute Gasteiger partial charge is 0.242 e. The van der Waals surface area contributed by atoms with Gasteiger partial charge in [-0.25, -0.2) is 4.39 Å². The molecule has 0 aromatic heterocycles. The van der Waals surface area contributed by atoms with E-state index in [2.05, 4.69) is 0 Å². The van der Waals surface area contributed by atoms with Crippen LogP contribution in [0.4, 0.5) is 4.39 Å². The van der Waals surface area contributed by atoms with Crippen LogP contribution in [0.15, 0.2) is 24.3 Å². The summed E-state index contributed by atoms with van der Waals surface area (Å²) < 4.78 is 18.8. The van der Waals surface area contributed by atoms with Crippen molar-refractivity contribution in [2.45, 2.75) is 56.6 Å². The molecule has 2 fully saturated rings. The second-order valence-corrected chi connectivity index (χ2v) is 6.78. The van der Waals surface area contributed by atoms with Gasteiger partial charge in [0.2, 0.25) is 5.91 Å². The molecule has 0 bridgehead atoms. The number of hydrogen-bond donors (Lipinski definition) is 1. The van der Waals surface area contributed by atoms with Crippen molar-refractivity contribution < 1.29 is 13.9 Å². The number of rotatable bonds is 3. The molecule has 23 heavy (non-hydrogen) atoms. The lowest BCUT2D eigenvalue weighted by molar-refractivity contribution is -0.140. The molecule has 0 atom stereocenters. The molecule has 1 aliphatic carbocycles. The third-order valence-corrected chi connectivity index (χ3v) is 5.02. The fraction of sp³-hybridized carbons (Fsp3) is 0.611. The van der Waals surface area contributed by atoms with Crippen molar-refractivity contribution in [2.24, 2.45) is 5.73 Å². The molecule has 4 nitrogen and oxygen atoms in total. The van der Waals surface area contributed by atoms with E-state index in [9.17, 15) is 9.18 Å². The highest BCUT2D eigenvalue weighted by atomic mass is 19.1. The van der Waals surface area contributed by atoms with Gasteiger partial charge in [0, 0.05) is 25.9 Å². The number of halogens is 1. The minimum Gasteiger partial charge on any atom is -0.490 e. The number of benzene rings is 1. The van der Waals surface area contributed by atoms with Crippen molar-refractivity contribution in [3.05, 3.63) is 30.1 Å². The SMILES string of the molecule is NC1(C(=O)N2CCC(Oc3ccc(F)cc3)CC2)CCCCC1.